The summed E-state index contributed by atoms with van der Waals surface area (Å²) in [6.45, 7) is 11.1. The highest BCUT2D eigenvalue weighted by Crippen LogP contribution is 2.29. The normalized spacial score (nSPS) is 15.0. The smallest absolute Gasteiger partial charge is 0.303 e. The molecule has 0 aliphatic rings. The molecular weight excluding hydrogens is 204 g/mol. The molecule has 0 aromatic heterocycles. The number of carbonyl (C=O) groups excluding carboxylic acids is 2. The van der Waals surface area contributed by atoms with Gasteiger partial charge in [-0.1, -0.05) is 34.6 Å². The van der Waals surface area contributed by atoms with Gasteiger partial charge in [-0.2, -0.15) is 0 Å². The van der Waals surface area contributed by atoms with Crippen molar-refractivity contribution in [2.75, 3.05) is 0 Å². The van der Waals surface area contributed by atoms with Crippen molar-refractivity contribution in [2.45, 2.75) is 60.0 Å². The van der Waals surface area contributed by atoms with Gasteiger partial charge in [-0.05, 0) is 12.3 Å². The van der Waals surface area contributed by atoms with Gasteiger partial charge in [0.25, 0.3) is 0 Å². The molecule has 0 spiro atoms. The number of esters is 1. The Morgan fingerprint density at radius 3 is 1.94 bits per heavy atom. The van der Waals surface area contributed by atoms with E-state index in [1.54, 1.807) is 0 Å². The summed E-state index contributed by atoms with van der Waals surface area (Å²) in [5.74, 6) is -0.0526. The van der Waals surface area contributed by atoms with Crippen LogP contribution in [0.25, 0.3) is 0 Å². The summed E-state index contributed by atoms with van der Waals surface area (Å²) in [5, 5.41) is 0. The number of rotatable bonds is 6. The average molecular weight is 228 g/mol. The molecule has 0 aromatic rings. The fourth-order valence-corrected chi connectivity index (χ4v) is 1.97. The van der Waals surface area contributed by atoms with Crippen molar-refractivity contribution in [2.24, 2.45) is 11.8 Å². The van der Waals surface area contributed by atoms with Crippen molar-refractivity contribution >= 4 is 11.8 Å². The number of carbonyl (C=O) groups is 2. The van der Waals surface area contributed by atoms with Gasteiger partial charge in [0.2, 0.25) is 0 Å². The quantitative estimate of drug-likeness (QED) is 0.656. The van der Waals surface area contributed by atoms with Gasteiger partial charge >= 0.3 is 5.97 Å². The van der Waals surface area contributed by atoms with Crippen LogP contribution in [0.1, 0.15) is 54.4 Å². The van der Waals surface area contributed by atoms with E-state index in [0.717, 1.165) is 0 Å². The van der Waals surface area contributed by atoms with Crippen LogP contribution < -0.4 is 0 Å². The Kier molecular flexibility index (Phi) is 5.70. The third-order valence-corrected chi connectivity index (χ3v) is 2.85. The molecule has 16 heavy (non-hydrogen) atoms. The molecule has 0 bridgehead atoms. The third kappa shape index (κ3) is 3.62. The van der Waals surface area contributed by atoms with E-state index in [4.69, 9.17) is 4.74 Å². The lowest BCUT2D eigenvalue weighted by atomic mass is 9.80. The number of hydrogen-bond donors (Lipinski definition) is 0. The van der Waals surface area contributed by atoms with Crippen molar-refractivity contribution < 1.29 is 14.3 Å². The van der Waals surface area contributed by atoms with Crippen LogP contribution in [0.15, 0.2) is 0 Å². The summed E-state index contributed by atoms with van der Waals surface area (Å²) < 4.78 is 5.32. The Morgan fingerprint density at radius 2 is 1.69 bits per heavy atom. The Hall–Kier alpha value is -0.860. The van der Waals surface area contributed by atoms with Gasteiger partial charge < -0.3 is 4.74 Å². The maximum absolute atomic E-state index is 12.2. The van der Waals surface area contributed by atoms with Crippen LogP contribution in [-0.4, -0.2) is 17.4 Å². The fourth-order valence-electron chi connectivity index (χ4n) is 1.97. The van der Waals surface area contributed by atoms with E-state index in [1.807, 2.05) is 34.6 Å². The zero-order chi connectivity index (χ0) is 12.9. The van der Waals surface area contributed by atoms with E-state index in [2.05, 4.69) is 0 Å². The second-order valence-corrected chi connectivity index (χ2v) is 5.01. The highest BCUT2D eigenvalue weighted by molar-refractivity contribution is 5.89. The summed E-state index contributed by atoms with van der Waals surface area (Å²) in [6.07, 6.45) is 0.995. The average Bonchev–Trinajstić information content (AvgIpc) is 2.11. The Bertz CT molecular complexity index is 256. The summed E-state index contributed by atoms with van der Waals surface area (Å²) in [4.78, 5) is 23.3. The molecule has 1 unspecified atom stereocenters. The van der Waals surface area contributed by atoms with Gasteiger partial charge in [-0.3, -0.25) is 9.59 Å². The first-order valence-electron chi connectivity index (χ1n) is 5.99. The summed E-state index contributed by atoms with van der Waals surface area (Å²) >= 11 is 0. The van der Waals surface area contributed by atoms with Crippen molar-refractivity contribution in [1.29, 1.82) is 0 Å². The first-order valence-corrected chi connectivity index (χ1v) is 5.99. The van der Waals surface area contributed by atoms with Gasteiger partial charge in [0.1, 0.15) is 0 Å². The van der Waals surface area contributed by atoms with E-state index in [1.165, 1.54) is 6.92 Å². The van der Waals surface area contributed by atoms with E-state index < -0.39 is 5.60 Å². The van der Waals surface area contributed by atoms with Gasteiger partial charge in [-0.25, -0.2) is 0 Å². The highest BCUT2D eigenvalue weighted by Gasteiger charge is 2.42. The molecule has 0 amide bonds. The van der Waals surface area contributed by atoms with Gasteiger partial charge in [0, 0.05) is 19.3 Å². The lowest BCUT2D eigenvalue weighted by Gasteiger charge is -2.35. The molecule has 0 aliphatic heterocycles. The second-order valence-electron chi connectivity index (χ2n) is 5.01. The Balaban J connectivity index is 5.03. The molecule has 3 nitrogen and oxygen atoms in total. The second kappa shape index (κ2) is 6.02. The van der Waals surface area contributed by atoms with Crippen LogP contribution in [-0.2, 0) is 14.3 Å². The maximum Gasteiger partial charge on any atom is 0.303 e. The van der Waals surface area contributed by atoms with Crippen LogP contribution in [0, 0.1) is 11.8 Å². The number of ketones is 1. The molecule has 0 N–H and O–H groups in total. The van der Waals surface area contributed by atoms with E-state index in [9.17, 15) is 9.59 Å². The first-order chi connectivity index (χ1) is 7.26. The molecule has 0 aromatic carbocycles. The van der Waals surface area contributed by atoms with Gasteiger partial charge in [0.15, 0.2) is 11.4 Å². The number of ether oxygens (including phenoxy) is 1. The molecular formula is C13H24O3. The standard InChI is InChI=1S/C13H24O3/c1-7-13(10(4)5,16-11(6)14)12(15)8-9(2)3/h9-10H,7-8H2,1-6H3. The SMILES string of the molecule is CCC(OC(C)=O)(C(=O)CC(C)C)C(C)C. The van der Waals surface area contributed by atoms with E-state index in [0.29, 0.717) is 12.8 Å². The zero-order valence-electron chi connectivity index (χ0n) is 11.3. The molecule has 0 saturated heterocycles. The Labute approximate surface area is 98.6 Å². The first kappa shape index (κ1) is 15.1. The minimum absolute atomic E-state index is 0.00708. The monoisotopic (exact) mass is 228 g/mol. The molecule has 0 aliphatic carbocycles. The van der Waals surface area contributed by atoms with E-state index in [-0.39, 0.29) is 23.6 Å². The van der Waals surface area contributed by atoms with Crippen LogP contribution >= 0.6 is 0 Å². The Morgan fingerprint density at radius 1 is 1.19 bits per heavy atom. The third-order valence-electron chi connectivity index (χ3n) is 2.85. The molecule has 3 heteroatoms. The van der Waals surface area contributed by atoms with Crippen LogP contribution in [0.2, 0.25) is 0 Å². The zero-order valence-corrected chi connectivity index (χ0v) is 11.3. The number of hydrogen-bond acceptors (Lipinski definition) is 3. The summed E-state index contributed by atoms with van der Waals surface area (Å²) in [7, 11) is 0. The van der Waals surface area contributed by atoms with Crippen molar-refractivity contribution in [1.82, 2.24) is 0 Å². The molecule has 0 fully saturated rings. The molecule has 0 radical (unpaired) electrons. The molecule has 1 atom stereocenters. The predicted molar refractivity (Wildman–Crippen MR) is 64.1 cm³/mol. The lowest BCUT2D eigenvalue weighted by molar-refractivity contribution is -0.172. The van der Waals surface area contributed by atoms with Crippen LogP contribution in [0.3, 0.4) is 0 Å². The molecule has 0 heterocycles. The molecule has 0 saturated carbocycles. The van der Waals surface area contributed by atoms with E-state index >= 15 is 0 Å². The van der Waals surface area contributed by atoms with Crippen LogP contribution in [0.4, 0.5) is 0 Å². The maximum atomic E-state index is 12.2. The van der Waals surface area contributed by atoms with Gasteiger partial charge in [0.05, 0.1) is 0 Å². The lowest BCUT2D eigenvalue weighted by Crippen LogP contribution is -2.47. The minimum atomic E-state index is -0.934. The van der Waals surface area contributed by atoms with Crippen LogP contribution in [0.5, 0.6) is 0 Å². The van der Waals surface area contributed by atoms with Crippen molar-refractivity contribution in [3.8, 4) is 0 Å². The van der Waals surface area contributed by atoms with Crippen molar-refractivity contribution in [3.05, 3.63) is 0 Å². The summed E-state index contributed by atoms with van der Waals surface area (Å²) in [5.41, 5.74) is -0.934. The molecule has 0 rings (SSSR count). The highest BCUT2D eigenvalue weighted by atomic mass is 16.6. The topological polar surface area (TPSA) is 43.4 Å². The fraction of sp³-hybridized carbons (Fsp3) is 0.846. The largest absolute Gasteiger partial charge is 0.451 e. The minimum Gasteiger partial charge on any atom is -0.451 e. The predicted octanol–water partition coefficient (Wildman–Crippen LogP) is 2.97. The van der Waals surface area contributed by atoms with Gasteiger partial charge in [-0.15, -0.1) is 0 Å². The van der Waals surface area contributed by atoms with Crippen molar-refractivity contribution in [3.63, 3.8) is 0 Å². The molecule has 94 valence electrons. The summed E-state index contributed by atoms with van der Waals surface area (Å²) in [6, 6.07) is 0. The number of Topliss-reactive ketones (excluding diaryl/α,β-unsaturated/α-hetero) is 1.